The van der Waals surface area contributed by atoms with E-state index < -0.39 is 0 Å². The molecule has 0 saturated heterocycles. The number of carbonyl (C=O) groups is 1. The number of thioether (sulfide) groups is 1. The van der Waals surface area contributed by atoms with Gasteiger partial charge in [-0.3, -0.25) is 19.0 Å². The lowest BCUT2D eigenvalue weighted by Gasteiger charge is -2.06. The third-order valence-corrected chi connectivity index (χ3v) is 4.42. The van der Waals surface area contributed by atoms with E-state index in [-0.39, 0.29) is 23.9 Å². The molecule has 8 heteroatoms. The number of aromatic nitrogens is 4. The van der Waals surface area contributed by atoms with E-state index in [4.69, 9.17) is 4.74 Å². The molecular weight excluding hydrogens is 340 g/mol. The standard InChI is InChI=1S/C17H18N4O3S/c1-2-6-13-9-14(22)18-16-19-20-17(21(13)16)25-11-15(23)24-10-12-7-4-3-5-8-12/h3-5,7-9H,2,6,10-11H2,1H3,(H,18,19,22). The van der Waals surface area contributed by atoms with E-state index >= 15 is 0 Å². The molecule has 0 atom stereocenters. The number of aromatic amines is 1. The predicted molar refractivity (Wildman–Crippen MR) is 94.6 cm³/mol. The van der Waals surface area contributed by atoms with Crippen LogP contribution in [0.1, 0.15) is 24.6 Å². The van der Waals surface area contributed by atoms with Gasteiger partial charge in [-0.1, -0.05) is 55.4 Å². The molecular formula is C17H18N4O3S. The summed E-state index contributed by atoms with van der Waals surface area (Å²) in [6, 6.07) is 11.1. The van der Waals surface area contributed by atoms with E-state index in [1.807, 2.05) is 37.3 Å². The highest BCUT2D eigenvalue weighted by Gasteiger charge is 2.14. The minimum Gasteiger partial charge on any atom is -0.460 e. The highest BCUT2D eigenvalue weighted by atomic mass is 32.2. The zero-order valence-corrected chi connectivity index (χ0v) is 14.6. The summed E-state index contributed by atoms with van der Waals surface area (Å²) >= 11 is 1.24. The van der Waals surface area contributed by atoms with Crippen LogP contribution in [0.15, 0.2) is 46.3 Å². The molecule has 3 rings (SSSR count). The van der Waals surface area contributed by atoms with E-state index in [2.05, 4.69) is 15.2 Å². The number of rotatable bonds is 7. The first-order chi connectivity index (χ1) is 12.2. The number of nitrogens with zero attached hydrogens (tertiary/aromatic N) is 3. The second-order valence-electron chi connectivity index (χ2n) is 5.45. The monoisotopic (exact) mass is 358 g/mol. The maximum atomic E-state index is 12.0. The van der Waals surface area contributed by atoms with Crippen LogP contribution < -0.4 is 5.56 Å². The average molecular weight is 358 g/mol. The fourth-order valence-electron chi connectivity index (χ4n) is 2.41. The number of fused-ring (bicyclic) bond motifs is 1. The van der Waals surface area contributed by atoms with Crippen LogP contribution in [0.5, 0.6) is 0 Å². The molecule has 25 heavy (non-hydrogen) atoms. The Hall–Kier alpha value is -2.61. The van der Waals surface area contributed by atoms with Crippen molar-refractivity contribution in [2.24, 2.45) is 0 Å². The minimum atomic E-state index is -0.327. The van der Waals surface area contributed by atoms with Crippen molar-refractivity contribution in [1.82, 2.24) is 19.6 Å². The first-order valence-corrected chi connectivity index (χ1v) is 8.95. The van der Waals surface area contributed by atoms with Gasteiger partial charge in [0.05, 0.1) is 5.75 Å². The van der Waals surface area contributed by atoms with Gasteiger partial charge in [-0.05, 0) is 12.0 Å². The summed E-state index contributed by atoms with van der Waals surface area (Å²) in [7, 11) is 0. The molecule has 0 aliphatic carbocycles. The van der Waals surface area contributed by atoms with E-state index in [0.29, 0.717) is 10.9 Å². The lowest BCUT2D eigenvalue weighted by Crippen LogP contribution is -2.12. The van der Waals surface area contributed by atoms with Gasteiger partial charge in [0.2, 0.25) is 5.78 Å². The molecule has 0 aliphatic heterocycles. The van der Waals surface area contributed by atoms with Crippen molar-refractivity contribution in [3.8, 4) is 0 Å². The largest absolute Gasteiger partial charge is 0.460 e. The molecule has 7 nitrogen and oxygen atoms in total. The highest BCUT2D eigenvalue weighted by molar-refractivity contribution is 7.99. The lowest BCUT2D eigenvalue weighted by atomic mass is 10.2. The summed E-state index contributed by atoms with van der Waals surface area (Å²) in [5.74, 6) is 0.182. The molecule has 0 radical (unpaired) electrons. The Labute approximate surface area is 148 Å². The number of esters is 1. The molecule has 0 fully saturated rings. The van der Waals surface area contributed by atoms with Gasteiger partial charge in [-0.15, -0.1) is 10.2 Å². The van der Waals surface area contributed by atoms with Crippen molar-refractivity contribution in [1.29, 1.82) is 0 Å². The Bertz CT molecular complexity index is 921. The summed E-state index contributed by atoms with van der Waals surface area (Å²) in [6.45, 7) is 2.28. The first-order valence-electron chi connectivity index (χ1n) is 7.97. The number of aryl methyl sites for hydroxylation is 1. The van der Waals surface area contributed by atoms with E-state index in [0.717, 1.165) is 24.1 Å². The number of hydrogen-bond acceptors (Lipinski definition) is 6. The maximum absolute atomic E-state index is 12.0. The fourth-order valence-corrected chi connectivity index (χ4v) is 3.17. The fraction of sp³-hybridized carbons (Fsp3) is 0.294. The Morgan fingerprint density at radius 1 is 1.28 bits per heavy atom. The Morgan fingerprint density at radius 3 is 2.84 bits per heavy atom. The molecule has 0 spiro atoms. The van der Waals surface area contributed by atoms with Crippen LogP contribution in [0.4, 0.5) is 0 Å². The van der Waals surface area contributed by atoms with E-state index in [1.165, 1.54) is 17.8 Å². The summed E-state index contributed by atoms with van der Waals surface area (Å²) < 4.78 is 7.04. The molecule has 3 aromatic rings. The zero-order valence-electron chi connectivity index (χ0n) is 13.8. The highest BCUT2D eigenvalue weighted by Crippen LogP contribution is 2.18. The number of carbonyl (C=O) groups excluding carboxylic acids is 1. The van der Waals surface area contributed by atoms with Gasteiger partial charge >= 0.3 is 5.97 Å². The SMILES string of the molecule is CCCc1cc(=O)[nH]c2nnc(SCC(=O)OCc3ccccc3)n12. The van der Waals surface area contributed by atoms with Gasteiger partial charge in [0.25, 0.3) is 5.56 Å². The van der Waals surface area contributed by atoms with Crippen molar-refractivity contribution in [2.45, 2.75) is 31.5 Å². The normalized spacial score (nSPS) is 10.9. The molecule has 0 bridgehead atoms. The maximum Gasteiger partial charge on any atom is 0.316 e. The number of hydrogen-bond donors (Lipinski definition) is 1. The lowest BCUT2D eigenvalue weighted by molar-refractivity contribution is -0.141. The van der Waals surface area contributed by atoms with Crippen molar-refractivity contribution < 1.29 is 9.53 Å². The van der Waals surface area contributed by atoms with Crippen molar-refractivity contribution in [2.75, 3.05) is 5.75 Å². The Morgan fingerprint density at radius 2 is 2.08 bits per heavy atom. The van der Waals surface area contributed by atoms with Crippen LogP contribution in [-0.4, -0.2) is 31.3 Å². The Balaban J connectivity index is 1.66. The zero-order chi connectivity index (χ0) is 17.6. The van der Waals surface area contributed by atoms with Crippen LogP contribution in [0.3, 0.4) is 0 Å². The van der Waals surface area contributed by atoms with Gasteiger partial charge in [-0.25, -0.2) is 0 Å². The Kier molecular flexibility index (Phi) is 5.49. The van der Waals surface area contributed by atoms with Crippen LogP contribution in [-0.2, 0) is 22.6 Å². The molecule has 0 amide bonds. The predicted octanol–water partition coefficient (Wildman–Crippen LogP) is 2.21. The van der Waals surface area contributed by atoms with Crippen LogP contribution in [0.2, 0.25) is 0 Å². The second kappa shape index (κ2) is 7.98. The number of H-pyrrole nitrogens is 1. The van der Waals surface area contributed by atoms with Crippen molar-refractivity contribution in [3.63, 3.8) is 0 Å². The van der Waals surface area contributed by atoms with Crippen molar-refractivity contribution in [3.05, 3.63) is 58.0 Å². The molecule has 0 aliphatic rings. The second-order valence-corrected chi connectivity index (χ2v) is 6.39. The third-order valence-electron chi connectivity index (χ3n) is 3.52. The number of benzene rings is 1. The van der Waals surface area contributed by atoms with Crippen LogP contribution in [0, 0.1) is 0 Å². The van der Waals surface area contributed by atoms with Gasteiger partial charge in [0.15, 0.2) is 5.16 Å². The molecule has 2 heterocycles. The van der Waals surface area contributed by atoms with Crippen molar-refractivity contribution >= 4 is 23.5 Å². The molecule has 1 N–H and O–H groups in total. The van der Waals surface area contributed by atoms with E-state index in [1.54, 1.807) is 4.40 Å². The number of ether oxygens (including phenoxy) is 1. The van der Waals surface area contributed by atoms with Gasteiger partial charge in [0, 0.05) is 11.8 Å². The topological polar surface area (TPSA) is 89.4 Å². The van der Waals surface area contributed by atoms with Gasteiger partial charge in [-0.2, -0.15) is 0 Å². The third kappa shape index (κ3) is 4.27. The quantitative estimate of drug-likeness (QED) is 0.514. The summed E-state index contributed by atoms with van der Waals surface area (Å²) in [6.07, 6.45) is 1.62. The van der Waals surface area contributed by atoms with Crippen LogP contribution in [0.25, 0.3) is 5.78 Å². The minimum absolute atomic E-state index is 0.123. The van der Waals surface area contributed by atoms with E-state index in [9.17, 15) is 9.59 Å². The molecule has 0 saturated carbocycles. The number of nitrogens with one attached hydrogen (secondary N) is 1. The summed E-state index contributed by atoms with van der Waals surface area (Å²) in [5.41, 5.74) is 1.56. The van der Waals surface area contributed by atoms with Gasteiger partial charge < -0.3 is 4.74 Å². The average Bonchev–Trinajstić information content (AvgIpc) is 3.02. The molecule has 0 unspecified atom stereocenters. The molecule has 2 aromatic heterocycles. The summed E-state index contributed by atoms with van der Waals surface area (Å²) in [4.78, 5) is 26.3. The molecule has 1 aromatic carbocycles. The summed E-state index contributed by atoms with van der Waals surface area (Å²) in [5, 5.41) is 8.61. The van der Waals surface area contributed by atoms with Gasteiger partial charge in [0.1, 0.15) is 6.61 Å². The van der Waals surface area contributed by atoms with Crippen LogP contribution >= 0.6 is 11.8 Å². The molecule has 130 valence electrons. The first kappa shape index (κ1) is 17.2. The smallest absolute Gasteiger partial charge is 0.316 e.